The number of aliphatic imine (C=N–C) groups is 1. The first kappa shape index (κ1) is 27.8. The highest BCUT2D eigenvalue weighted by Crippen LogP contribution is 2.30. The van der Waals surface area contributed by atoms with Gasteiger partial charge < -0.3 is 29.6 Å². The van der Waals surface area contributed by atoms with Crippen LogP contribution in [0.15, 0.2) is 47.5 Å². The molecule has 0 radical (unpaired) electrons. The third-order valence-electron chi connectivity index (χ3n) is 4.58. The molecule has 2 aromatic rings. The lowest BCUT2D eigenvalue weighted by Gasteiger charge is -2.20. The average Bonchev–Trinajstić information content (AvgIpc) is 2.79. The maximum absolute atomic E-state index is 5.74. The molecule has 0 amide bonds. The molecular formula is C24H36IN3O4. The molecule has 32 heavy (non-hydrogen) atoms. The number of rotatable bonds is 12. The van der Waals surface area contributed by atoms with E-state index in [9.17, 15) is 0 Å². The molecule has 0 aromatic heterocycles. The van der Waals surface area contributed by atoms with E-state index in [1.165, 1.54) is 0 Å². The first-order chi connectivity index (χ1) is 15.1. The number of benzene rings is 2. The maximum Gasteiger partial charge on any atom is 0.191 e. The molecule has 0 aliphatic carbocycles. The molecule has 2 aromatic carbocycles. The highest BCUT2D eigenvalue weighted by atomic mass is 127. The predicted octanol–water partition coefficient (Wildman–Crippen LogP) is 4.55. The summed E-state index contributed by atoms with van der Waals surface area (Å²) in [5.74, 6) is 3.07. The number of halogens is 1. The van der Waals surface area contributed by atoms with Gasteiger partial charge in [0.25, 0.3) is 0 Å². The lowest BCUT2D eigenvalue weighted by Crippen LogP contribution is -2.38. The molecule has 0 saturated heterocycles. The molecule has 2 N–H and O–H groups in total. The summed E-state index contributed by atoms with van der Waals surface area (Å²) in [4.78, 5) is 4.34. The Hall–Kier alpha value is -2.20. The summed E-state index contributed by atoms with van der Waals surface area (Å²) in [7, 11) is 3.42. The van der Waals surface area contributed by atoms with Gasteiger partial charge in [-0.15, -0.1) is 24.0 Å². The molecule has 178 valence electrons. The van der Waals surface area contributed by atoms with Crippen molar-refractivity contribution in [1.82, 2.24) is 10.6 Å². The van der Waals surface area contributed by atoms with E-state index in [-0.39, 0.29) is 30.0 Å². The first-order valence-corrected chi connectivity index (χ1v) is 10.7. The van der Waals surface area contributed by atoms with Crippen molar-refractivity contribution in [2.45, 2.75) is 33.4 Å². The molecule has 0 heterocycles. The van der Waals surface area contributed by atoms with Crippen LogP contribution in [0.4, 0.5) is 0 Å². The summed E-state index contributed by atoms with van der Waals surface area (Å²) in [6.45, 7) is 8.97. The molecular weight excluding hydrogens is 521 g/mol. The number of hydrogen-bond donors (Lipinski definition) is 2. The summed E-state index contributed by atoms with van der Waals surface area (Å²) in [6.07, 6.45) is 0. The van der Waals surface area contributed by atoms with Crippen LogP contribution in [0.5, 0.6) is 17.2 Å². The lowest BCUT2D eigenvalue weighted by molar-refractivity contribution is 0.146. The van der Waals surface area contributed by atoms with E-state index >= 15 is 0 Å². The Morgan fingerprint density at radius 1 is 0.938 bits per heavy atom. The Balaban J connectivity index is 0.00000512. The van der Waals surface area contributed by atoms with Gasteiger partial charge in [-0.25, -0.2) is 0 Å². The van der Waals surface area contributed by atoms with Crippen LogP contribution in [0.3, 0.4) is 0 Å². The van der Waals surface area contributed by atoms with E-state index in [1.807, 2.05) is 56.3 Å². The predicted molar refractivity (Wildman–Crippen MR) is 140 cm³/mol. The van der Waals surface area contributed by atoms with Gasteiger partial charge in [-0.3, -0.25) is 4.99 Å². The van der Waals surface area contributed by atoms with Gasteiger partial charge in [0.1, 0.15) is 12.4 Å². The van der Waals surface area contributed by atoms with Crippen molar-refractivity contribution in [3.05, 3.63) is 53.6 Å². The minimum absolute atomic E-state index is 0. The van der Waals surface area contributed by atoms with E-state index in [2.05, 4.69) is 22.5 Å². The van der Waals surface area contributed by atoms with Crippen molar-refractivity contribution < 1.29 is 18.9 Å². The van der Waals surface area contributed by atoms with Crippen LogP contribution in [0.25, 0.3) is 0 Å². The molecule has 0 saturated carbocycles. The molecule has 0 aliphatic rings. The third kappa shape index (κ3) is 9.12. The van der Waals surface area contributed by atoms with Gasteiger partial charge in [-0.1, -0.05) is 18.2 Å². The smallest absolute Gasteiger partial charge is 0.191 e. The maximum atomic E-state index is 5.74. The van der Waals surface area contributed by atoms with Crippen LogP contribution < -0.4 is 24.8 Å². The summed E-state index contributed by atoms with van der Waals surface area (Å²) >= 11 is 0. The zero-order valence-corrected chi connectivity index (χ0v) is 22.0. The summed E-state index contributed by atoms with van der Waals surface area (Å²) in [5.41, 5.74) is 2.22. The second kappa shape index (κ2) is 15.6. The molecule has 0 aliphatic heterocycles. The van der Waals surface area contributed by atoms with Gasteiger partial charge in [0, 0.05) is 20.7 Å². The zero-order chi connectivity index (χ0) is 22.5. The minimum Gasteiger partial charge on any atom is -0.491 e. The van der Waals surface area contributed by atoms with Gasteiger partial charge >= 0.3 is 0 Å². The number of guanidine groups is 1. The standard InChI is InChI=1S/C24H35N3O4.HI/c1-6-29-22-13-10-20(16-23(22)30-7-2)18(3)27-24(25-4)26-17-19-8-11-21(12-9-19)31-15-14-28-5;/h8-13,16,18H,6-7,14-15,17H2,1-5H3,(H2,25,26,27);1H. The Bertz CT molecular complexity index is 815. The number of nitrogens with zero attached hydrogens (tertiary/aromatic N) is 1. The summed E-state index contributed by atoms with van der Waals surface area (Å²) in [6, 6.07) is 14.0. The van der Waals surface area contributed by atoms with Crippen LogP contribution >= 0.6 is 24.0 Å². The van der Waals surface area contributed by atoms with E-state index in [4.69, 9.17) is 18.9 Å². The molecule has 8 heteroatoms. The van der Waals surface area contributed by atoms with E-state index in [0.717, 1.165) is 34.3 Å². The number of hydrogen-bond acceptors (Lipinski definition) is 5. The Labute approximate surface area is 208 Å². The largest absolute Gasteiger partial charge is 0.491 e. The van der Waals surface area contributed by atoms with Crippen LogP contribution in [0.2, 0.25) is 0 Å². The Morgan fingerprint density at radius 3 is 2.25 bits per heavy atom. The monoisotopic (exact) mass is 557 g/mol. The number of methoxy groups -OCH3 is 1. The van der Waals surface area contributed by atoms with Crippen LogP contribution in [0, 0.1) is 0 Å². The minimum atomic E-state index is 0. The SMILES string of the molecule is CCOc1ccc(C(C)NC(=NC)NCc2ccc(OCCOC)cc2)cc1OCC.I. The fourth-order valence-electron chi connectivity index (χ4n) is 2.95. The molecule has 0 fully saturated rings. The first-order valence-electron chi connectivity index (χ1n) is 10.7. The van der Waals surface area contributed by atoms with Crippen LogP contribution in [-0.4, -0.2) is 46.5 Å². The van der Waals surface area contributed by atoms with Gasteiger partial charge in [0.05, 0.1) is 25.9 Å². The second-order valence-corrected chi connectivity index (χ2v) is 6.85. The third-order valence-corrected chi connectivity index (χ3v) is 4.58. The quantitative estimate of drug-likeness (QED) is 0.173. The van der Waals surface area contributed by atoms with Crippen molar-refractivity contribution in [2.75, 3.05) is 40.6 Å². The van der Waals surface area contributed by atoms with Crippen molar-refractivity contribution in [3.8, 4) is 17.2 Å². The van der Waals surface area contributed by atoms with Crippen LogP contribution in [0.1, 0.15) is 37.9 Å². The topological polar surface area (TPSA) is 73.3 Å². The molecule has 0 bridgehead atoms. The lowest BCUT2D eigenvalue weighted by atomic mass is 10.1. The van der Waals surface area contributed by atoms with Crippen molar-refractivity contribution >= 4 is 29.9 Å². The normalized spacial score (nSPS) is 11.8. The highest BCUT2D eigenvalue weighted by Gasteiger charge is 2.12. The van der Waals surface area contributed by atoms with Gasteiger partial charge in [0.15, 0.2) is 17.5 Å². The number of ether oxygens (including phenoxy) is 4. The van der Waals surface area contributed by atoms with Crippen molar-refractivity contribution in [1.29, 1.82) is 0 Å². The molecule has 2 rings (SSSR count). The van der Waals surface area contributed by atoms with Gasteiger partial charge in [-0.2, -0.15) is 0 Å². The van der Waals surface area contributed by atoms with Crippen molar-refractivity contribution in [2.24, 2.45) is 4.99 Å². The fourth-order valence-corrected chi connectivity index (χ4v) is 2.95. The fraction of sp³-hybridized carbons (Fsp3) is 0.458. The summed E-state index contributed by atoms with van der Waals surface area (Å²) < 4.78 is 22.0. The van der Waals surface area contributed by atoms with Crippen molar-refractivity contribution in [3.63, 3.8) is 0 Å². The molecule has 1 unspecified atom stereocenters. The van der Waals surface area contributed by atoms with Gasteiger partial charge in [-0.05, 0) is 56.2 Å². The van der Waals surface area contributed by atoms with Gasteiger partial charge in [0.2, 0.25) is 0 Å². The number of nitrogens with one attached hydrogen (secondary N) is 2. The molecule has 0 spiro atoms. The summed E-state index contributed by atoms with van der Waals surface area (Å²) in [5, 5.41) is 6.78. The average molecular weight is 557 g/mol. The molecule has 7 nitrogen and oxygen atoms in total. The second-order valence-electron chi connectivity index (χ2n) is 6.85. The Kier molecular flexibility index (Phi) is 13.5. The Morgan fingerprint density at radius 2 is 1.62 bits per heavy atom. The van der Waals surface area contributed by atoms with E-state index in [1.54, 1.807) is 14.2 Å². The highest BCUT2D eigenvalue weighted by molar-refractivity contribution is 14.0. The zero-order valence-electron chi connectivity index (χ0n) is 19.6. The van der Waals surface area contributed by atoms with E-state index < -0.39 is 0 Å². The van der Waals surface area contributed by atoms with E-state index in [0.29, 0.717) is 33.0 Å². The van der Waals surface area contributed by atoms with Crippen LogP contribution in [-0.2, 0) is 11.3 Å². The molecule has 1 atom stereocenters.